The summed E-state index contributed by atoms with van der Waals surface area (Å²) < 4.78 is 7.50. The van der Waals surface area contributed by atoms with Gasteiger partial charge in [-0.15, -0.1) is 0 Å². The van der Waals surface area contributed by atoms with Gasteiger partial charge in [-0.2, -0.15) is 0 Å². The average molecular weight is 315 g/mol. The fourth-order valence-corrected chi connectivity index (χ4v) is 3.16. The summed E-state index contributed by atoms with van der Waals surface area (Å²) in [7, 11) is 1.67. The van der Waals surface area contributed by atoms with Crippen LogP contribution >= 0.6 is 0 Å². The Bertz CT molecular complexity index is 631. The number of methoxy groups -OCH3 is 1. The van der Waals surface area contributed by atoms with E-state index in [9.17, 15) is 4.79 Å². The van der Waals surface area contributed by atoms with Crippen LogP contribution in [-0.4, -0.2) is 45.7 Å². The summed E-state index contributed by atoms with van der Waals surface area (Å²) >= 11 is 0. The minimum atomic E-state index is -0.120. The van der Waals surface area contributed by atoms with Crippen LogP contribution in [0, 0.1) is 0 Å². The minimum absolute atomic E-state index is 0.0310. The van der Waals surface area contributed by atoms with Crippen molar-refractivity contribution < 1.29 is 9.53 Å². The summed E-state index contributed by atoms with van der Waals surface area (Å²) in [6.07, 6.45) is 9.97. The number of nitrogens with two attached hydrogens (primary N) is 1. The number of nitrogens with one attached hydrogen (secondary N) is 1. The Hall–Kier alpha value is -2.25. The molecule has 0 spiro atoms. The van der Waals surface area contributed by atoms with E-state index < -0.39 is 0 Å². The number of carbonyl (C=O) groups is 1. The number of imidazole rings is 1. The van der Waals surface area contributed by atoms with E-state index in [4.69, 9.17) is 10.5 Å². The van der Waals surface area contributed by atoms with Gasteiger partial charge in [0.15, 0.2) is 0 Å². The number of rotatable bonds is 4. The molecular formula is C16H21N5O2. The Balaban J connectivity index is 1.78. The molecule has 0 unspecified atom stereocenters. The third-order valence-electron chi connectivity index (χ3n) is 4.41. The maximum Gasteiger partial charge on any atom is 0.251 e. The molecule has 1 amide bonds. The first-order chi connectivity index (χ1) is 11.2. The summed E-state index contributed by atoms with van der Waals surface area (Å²) in [5.41, 5.74) is 6.79. The Morgan fingerprint density at radius 2 is 2.09 bits per heavy atom. The van der Waals surface area contributed by atoms with Crippen LogP contribution < -0.4 is 11.1 Å². The van der Waals surface area contributed by atoms with Crippen molar-refractivity contribution in [2.45, 2.75) is 37.1 Å². The van der Waals surface area contributed by atoms with Crippen LogP contribution in [0.25, 0.3) is 0 Å². The second-order valence-corrected chi connectivity index (χ2v) is 5.80. The van der Waals surface area contributed by atoms with Crippen molar-refractivity contribution in [1.82, 2.24) is 19.9 Å². The van der Waals surface area contributed by atoms with Gasteiger partial charge in [0.1, 0.15) is 0 Å². The SMILES string of the molecule is CO[C@@H]1C[C@@H](n2ccnc2)[C@H](NC(=O)c2ccncc2)C[C@H]1N. The number of pyridine rings is 1. The largest absolute Gasteiger partial charge is 0.380 e. The quantitative estimate of drug-likeness (QED) is 0.868. The van der Waals surface area contributed by atoms with Gasteiger partial charge in [-0.1, -0.05) is 0 Å². The predicted octanol–water partition coefficient (Wildman–Crippen LogP) is 0.754. The van der Waals surface area contributed by atoms with Gasteiger partial charge >= 0.3 is 0 Å². The van der Waals surface area contributed by atoms with Crippen molar-refractivity contribution in [2.75, 3.05) is 7.11 Å². The molecule has 2 aromatic rings. The van der Waals surface area contributed by atoms with Crippen molar-refractivity contribution in [3.8, 4) is 0 Å². The van der Waals surface area contributed by atoms with E-state index in [-0.39, 0.29) is 30.1 Å². The molecule has 2 aromatic heterocycles. The zero-order valence-corrected chi connectivity index (χ0v) is 13.0. The summed E-state index contributed by atoms with van der Waals surface area (Å²) in [6.45, 7) is 0. The summed E-state index contributed by atoms with van der Waals surface area (Å²) in [5.74, 6) is -0.120. The Kier molecular flexibility index (Phi) is 4.68. The van der Waals surface area contributed by atoms with Crippen LogP contribution in [0.2, 0.25) is 0 Å². The lowest BCUT2D eigenvalue weighted by atomic mass is 9.84. The highest BCUT2D eigenvalue weighted by Gasteiger charge is 2.37. The molecule has 2 heterocycles. The zero-order valence-electron chi connectivity index (χ0n) is 13.0. The van der Waals surface area contributed by atoms with Crippen LogP contribution in [0.4, 0.5) is 0 Å². The van der Waals surface area contributed by atoms with Crippen LogP contribution in [0.3, 0.4) is 0 Å². The zero-order chi connectivity index (χ0) is 16.2. The van der Waals surface area contributed by atoms with Gasteiger partial charge in [0.25, 0.3) is 5.91 Å². The van der Waals surface area contributed by atoms with E-state index in [1.54, 1.807) is 44.2 Å². The van der Waals surface area contributed by atoms with Gasteiger partial charge in [-0.25, -0.2) is 4.98 Å². The number of aromatic nitrogens is 3. The Morgan fingerprint density at radius 1 is 1.30 bits per heavy atom. The first-order valence-electron chi connectivity index (χ1n) is 7.65. The molecule has 0 saturated heterocycles. The molecule has 4 atom stereocenters. The molecule has 0 aromatic carbocycles. The molecular weight excluding hydrogens is 294 g/mol. The molecule has 1 saturated carbocycles. The molecule has 3 N–H and O–H groups in total. The van der Waals surface area contributed by atoms with Crippen molar-refractivity contribution in [2.24, 2.45) is 5.73 Å². The second-order valence-electron chi connectivity index (χ2n) is 5.80. The minimum Gasteiger partial charge on any atom is -0.380 e. The predicted molar refractivity (Wildman–Crippen MR) is 84.8 cm³/mol. The lowest BCUT2D eigenvalue weighted by Gasteiger charge is -2.40. The third kappa shape index (κ3) is 3.40. The van der Waals surface area contributed by atoms with Crippen molar-refractivity contribution in [3.63, 3.8) is 0 Å². The molecule has 1 aliphatic rings. The number of carbonyl (C=O) groups excluding carboxylic acids is 1. The maximum atomic E-state index is 12.4. The van der Waals surface area contributed by atoms with Crippen LogP contribution in [0.1, 0.15) is 29.2 Å². The van der Waals surface area contributed by atoms with Gasteiger partial charge < -0.3 is 20.4 Å². The summed E-state index contributed by atoms with van der Waals surface area (Å²) in [4.78, 5) is 20.5. The fraction of sp³-hybridized carbons (Fsp3) is 0.438. The van der Waals surface area contributed by atoms with Crippen molar-refractivity contribution in [1.29, 1.82) is 0 Å². The molecule has 1 fully saturated rings. The molecule has 7 heteroatoms. The van der Waals surface area contributed by atoms with Crippen LogP contribution in [0.5, 0.6) is 0 Å². The molecule has 0 aliphatic heterocycles. The number of nitrogens with zero attached hydrogens (tertiary/aromatic N) is 3. The smallest absolute Gasteiger partial charge is 0.251 e. The first-order valence-corrected chi connectivity index (χ1v) is 7.65. The van der Waals surface area contributed by atoms with Crippen LogP contribution in [0.15, 0.2) is 43.2 Å². The fourth-order valence-electron chi connectivity index (χ4n) is 3.16. The number of ether oxygens (including phenoxy) is 1. The summed E-state index contributed by atoms with van der Waals surface area (Å²) in [6, 6.07) is 3.27. The summed E-state index contributed by atoms with van der Waals surface area (Å²) in [5, 5.41) is 3.10. The Labute approximate surface area is 134 Å². The maximum absolute atomic E-state index is 12.4. The van der Waals surface area contributed by atoms with Gasteiger partial charge in [-0.05, 0) is 25.0 Å². The van der Waals surface area contributed by atoms with Crippen molar-refractivity contribution >= 4 is 5.91 Å². The van der Waals surface area contributed by atoms with Gasteiger partial charge in [0.2, 0.25) is 0 Å². The normalized spacial score (nSPS) is 27.6. The number of amides is 1. The van der Waals surface area contributed by atoms with E-state index in [2.05, 4.69) is 15.3 Å². The lowest BCUT2D eigenvalue weighted by Crippen LogP contribution is -2.53. The Morgan fingerprint density at radius 3 is 2.74 bits per heavy atom. The number of hydrogen-bond acceptors (Lipinski definition) is 5. The number of hydrogen-bond donors (Lipinski definition) is 2. The lowest BCUT2D eigenvalue weighted by molar-refractivity contribution is 0.0244. The van der Waals surface area contributed by atoms with E-state index in [1.807, 2.05) is 10.8 Å². The van der Waals surface area contributed by atoms with Gasteiger partial charge in [0, 0.05) is 43.5 Å². The second kappa shape index (κ2) is 6.89. The molecule has 0 radical (unpaired) electrons. The molecule has 23 heavy (non-hydrogen) atoms. The van der Waals surface area contributed by atoms with Gasteiger partial charge in [-0.3, -0.25) is 9.78 Å². The first kappa shape index (κ1) is 15.6. The van der Waals surface area contributed by atoms with E-state index in [0.29, 0.717) is 12.0 Å². The molecule has 7 nitrogen and oxygen atoms in total. The third-order valence-corrected chi connectivity index (χ3v) is 4.41. The van der Waals surface area contributed by atoms with E-state index in [1.165, 1.54) is 0 Å². The van der Waals surface area contributed by atoms with Crippen molar-refractivity contribution in [3.05, 3.63) is 48.8 Å². The van der Waals surface area contributed by atoms with E-state index in [0.717, 1.165) is 6.42 Å². The standard InChI is InChI=1S/C16H21N5O2/c1-23-15-9-14(21-7-6-19-10-21)13(8-12(15)17)20-16(22)11-2-4-18-5-3-11/h2-7,10,12-15H,8-9,17H2,1H3,(H,20,22)/t12-,13-,14-,15-/m1/s1. The monoisotopic (exact) mass is 315 g/mol. The van der Waals surface area contributed by atoms with E-state index >= 15 is 0 Å². The molecule has 3 rings (SSSR count). The highest BCUT2D eigenvalue weighted by atomic mass is 16.5. The molecule has 122 valence electrons. The highest BCUT2D eigenvalue weighted by molar-refractivity contribution is 5.94. The highest BCUT2D eigenvalue weighted by Crippen LogP contribution is 2.30. The van der Waals surface area contributed by atoms with Gasteiger partial charge in [0.05, 0.1) is 24.5 Å². The van der Waals surface area contributed by atoms with Crippen LogP contribution in [-0.2, 0) is 4.74 Å². The molecule has 1 aliphatic carbocycles. The molecule has 0 bridgehead atoms. The topological polar surface area (TPSA) is 95.1 Å². The average Bonchev–Trinajstić information content (AvgIpc) is 3.10.